The van der Waals surface area contributed by atoms with Crippen LogP contribution in [0.4, 0.5) is 4.79 Å². The van der Waals surface area contributed by atoms with Crippen molar-refractivity contribution < 1.29 is 19.3 Å². The third-order valence-electron chi connectivity index (χ3n) is 3.87. The van der Waals surface area contributed by atoms with Crippen LogP contribution in [0.15, 0.2) is 5.10 Å². The maximum absolute atomic E-state index is 12.3. The molecular formula is C15H26N4O5. The van der Waals surface area contributed by atoms with Gasteiger partial charge in [0, 0.05) is 19.0 Å². The number of hydrogen-bond acceptors (Lipinski definition) is 5. The predicted molar refractivity (Wildman–Crippen MR) is 87.1 cm³/mol. The van der Waals surface area contributed by atoms with Crippen LogP contribution in [0.2, 0.25) is 0 Å². The molecule has 0 aromatic carbocycles. The molecule has 0 spiro atoms. The summed E-state index contributed by atoms with van der Waals surface area (Å²) in [4.78, 5) is 26.2. The van der Waals surface area contributed by atoms with Gasteiger partial charge in [0.1, 0.15) is 10.7 Å². The van der Waals surface area contributed by atoms with Crippen molar-refractivity contribution in [2.75, 3.05) is 26.2 Å². The molecule has 1 amide bonds. The lowest BCUT2D eigenvalue weighted by Gasteiger charge is -2.25. The van der Waals surface area contributed by atoms with Crippen molar-refractivity contribution in [1.82, 2.24) is 9.80 Å². The van der Waals surface area contributed by atoms with E-state index in [2.05, 4.69) is 5.10 Å². The van der Waals surface area contributed by atoms with Crippen molar-refractivity contribution in [3.63, 3.8) is 0 Å². The second kappa shape index (κ2) is 6.54. The number of rotatable bonds is 3. The van der Waals surface area contributed by atoms with Crippen LogP contribution in [0.1, 0.15) is 41.0 Å². The Bertz CT molecular complexity index is 540. The van der Waals surface area contributed by atoms with Crippen LogP contribution < -0.4 is 0 Å². The highest BCUT2D eigenvalue weighted by Crippen LogP contribution is 2.30. The van der Waals surface area contributed by atoms with E-state index in [1.807, 2.05) is 13.8 Å². The summed E-state index contributed by atoms with van der Waals surface area (Å²) in [5.74, 6) is 0.287. The van der Waals surface area contributed by atoms with Crippen LogP contribution in [0.25, 0.3) is 0 Å². The van der Waals surface area contributed by atoms with Crippen LogP contribution in [-0.2, 0) is 9.47 Å². The van der Waals surface area contributed by atoms with Gasteiger partial charge in [-0.25, -0.2) is 19.8 Å². The summed E-state index contributed by atoms with van der Waals surface area (Å²) >= 11 is 0. The molecular weight excluding hydrogens is 316 g/mol. The first kappa shape index (κ1) is 18.4. The lowest BCUT2D eigenvalue weighted by Crippen LogP contribution is -2.42. The molecule has 136 valence electrons. The smallest absolute Gasteiger partial charge is 0.417 e. The van der Waals surface area contributed by atoms with Gasteiger partial charge in [-0.2, -0.15) is 0 Å². The third kappa shape index (κ3) is 4.80. The Hall–Kier alpha value is -1.90. The van der Waals surface area contributed by atoms with Crippen molar-refractivity contribution in [2.24, 2.45) is 11.0 Å². The lowest BCUT2D eigenvalue weighted by atomic mass is 9.97. The van der Waals surface area contributed by atoms with E-state index >= 15 is 0 Å². The molecule has 2 saturated heterocycles. The summed E-state index contributed by atoms with van der Waals surface area (Å²) in [6, 6.07) is 0. The fourth-order valence-electron chi connectivity index (χ4n) is 3.03. The Morgan fingerprint density at radius 1 is 1.46 bits per heavy atom. The SMILES string of the molecule is CC(C)(C)OC(=O)N1CCN(CC2COC(C)(C)C2)C1=N[N+](=O)[O-]. The highest BCUT2D eigenvalue weighted by molar-refractivity contribution is 5.95. The van der Waals surface area contributed by atoms with Crippen molar-refractivity contribution in [2.45, 2.75) is 52.2 Å². The lowest BCUT2D eigenvalue weighted by molar-refractivity contribution is -0.486. The number of nitro groups is 1. The minimum Gasteiger partial charge on any atom is -0.443 e. The number of ether oxygens (including phenoxy) is 2. The summed E-state index contributed by atoms with van der Waals surface area (Å²) in [6.45, 7) is 11.3. The molecule has 0 aromatic rings. The van der Waals surface area contributed by atoms with E-state index in [0.29, 0.717) is 26.2 Å². The first-order chi connectivity index (χ1) is 11.0. The molecule has 1 unspecified atom stereocenters. The van der Waals surface area contributed by atoms with Gasteiger partial charge in [-0.05, 0) is 41.0 Å². The number of hydrogen-bond donors (Lipinski definition) is 0. The summed E-state index contributed by atoms with van der Waals surface area (Å²) < 4.78 is 11.0. The molecule has 2 heterocycles. The Kier molecular flexibility index (Phi) is 5.03. The molecule has 0 radical (unpaired) electrons. The van der Waals surface area contributed by atoms with Gasteiger partial charge in [-0.15, -0.1) is 0 Å². The zero-order valence-corrected chi connectivity index (χ0v) is 14.9. The van der Waals surface area contributed by atoms with Crippen LogP contribution in [0.3, 0.4) is 0 Å². The Balaban J connectivity index is 2.10. The molecule has 2 fully saturated rings. The molecule has 2 rings (SSSR count). The predicted octanol–water partition coefficient (Wildman–Crippen LogP) is 1.90. The van der Waals surface area contributed by atoms with Gasteiger partial charge in [0.2, 0.25) is 0 Å². The number of hydrazone groups is 1. The van der Waals surface area contributed by atoms with Crippen LogP contribution in [0, 0.1) is 16.0 Å². The number of amides is 1. The van der Waals surface area contributed by atoms with Crippen LogP contribution in [0.5, 0.6) is 0 Å². The van der Waals surface area contributed by atoms with Gasteiger partial charge >= 0.3 is 6.09 Å². The molecule has 1 atom stereocenters. The number of carbonyl (C=O) groups is 1. The molecule has 9 heteroatoms. The second-order valence-electron chi connectivity index (χ2n) is 7.86. The first-order valence-electron chi connectivity index (χ1n) is 8.09. The highest BCUT2D eigenvalue weighted by Gasteiger charge is 2.40. The average molecular weight is 342 g/mol. The van der Waals surface area contributed by atoms with Crippen LogP contribution in [-0.4, -0.2) is 64.3 Å². The molecule has 0 aromatic heterocycles. The standard InChI is InChI=1S/C15H26N4O5/c1-14(2,3)24-13(20)18-7-6-17(12(18)16-19(21)22)9-11-8-15(4,5)23-10-11/h11H,6-10H2,1-5H3. The minimum atomic E-state index is -0.778. The van der Waals surface area contributed by atoms with Gasteiger partial charge in [0.15, 0.2) is 5.03 Å². The Labute approximate surface area is 141 Å². The number of nitrogens with zero attached hydrogens (tertiary/aromatic N) is 4. The van der Waals surface area contributed by atoms with Gasteiger partial charge in [-0.3, -0.25) is 0 Å². The molecule has 9 nitrogen and oxygen atoms in total. The Morgan fingerprint density at radius 2 is 2.12 bits per heavy atom. The average Bonchev–Trinajstić information content (AvgIpc) is 2.91. The normalized spacial score (nSPS) is 25.4. The fraction of sp³-hybridized carbons (Fsp3) is 0.867. The second-order valence-corrected chi connectivity index (χ2v) is 7.86. The van der Waals surface area contributed by atoms with Crippen molar-refractivity contribution in [3.8, 4) is 0 Å². The van der Waals surface area contributed by atoms with Crippen LogP contribution >= 0.6 is 0 Å². The molecule has 0 saturated carbocycles. The fourth-order valence-corrected chi connectivity index (χ4v) is 3.03. The summed E-state index contributed by atoms with van der Waals surface area (Å²) in [5, 5.41) is 13.5. The van der Waals surface area contributed by atoms with Gasteiger partial charge < -0.3 is 14.4 Å². The first-order valence-corrected chi connectivity index (χ1v) is 8.09. The Morgan fingerprint density at radius 3 is 2.62 bits per heavy atom. The zero-order chi connectivity index (χ0) is 18.1. The van der Waals surface area contributed by atoms with E-state index < -0.39 is 16.7 Å². The molecule has 2 aliphatic heterocycles. The van der Waals surface area contributed by atoms with Crippen molar-refractivity contribution >= 4 is 12.1 Å². The molecule has 0 N–H and O–H groups in total. The maximum Gasteiger partial charge on any atom is 0.417 e. The molecule has 2 aliphatic rings. The highest BCUT2D eigenvalue weighted by atomic mass is 16.7. The van der Waals surface area contributed by atoms with E-state index in [1.165, 1.54) is 4.90 Å². The van der Waals surface area contributed by atoms with Crippen molar-refractivity contribution in [1.29, 1.82) is 0 Å². The van der Waals surface area contributed by atoms with E-state index in [9.17, 15) is 14.9 Å². The zero-order valence-electron chi connectivity index (χ0n) is 14.9. The topological polar surface area (TPSA) is 97.5 Å². The minimum absolute atomic E-state index is 0.0407. The molecule has 0 aliphatic carbocycles. The van der Waals surface area contributed by atoms with E-state index in [1.54, 1.807) is 25.7 Å². The van der Waals surface area contributed by atoms with Gasteiger partial charge in [-0.1, -0.05) is 0 Å². The summed E-state index contributed by atoms with van der Waals surface area (Å²) in [6.07, 6.45) is 0.246. The largest absolute Gasteiger partial charge is 0.443 e. The van der Waals surface area contributed by atoms with E-state index in [0.717, 1.165) is 6.42 Å². The molecule has 0 bridgehead atoms. The van der Waals surface area contributed by atoms with Gasteiger partial charge in [0.05, 0.1) is 18.8 Å². The molecule has 24 heavy (non-hydrogen) atoms. The van der Waals surface area contributed by atoms with E-state index in [-0.39, 0.29) is 17.5 Å². The number of carbonyl (C=O) groups excluding carboxylic acids is 1. The summed E-state index contributed by atoms with van der Waals surface area (Å²) in [5.41, 5.74) is -0.858. The van der Waals surface area contributed by atoms with E-state index in [4.69, 9.17) is 9.47 Å². The van der Waals surface area contributed by atoms with Crippen molar-refractivity contribution in [3.05, 3.63) is 10.1 Å². The van der Waals surface area contributed by atoms with Gasteiger partial charge in [0.25, 0.3) is 5.96 Å². The quantitative estimate of drug-likeness (QED) is 0.574. The third-order valence-corrected chi connectivity index (χ3v) is 3.87. The number of guanidine groups is 1. The maximum atomic E-state index is 12.3. The monoisotopic (exact) mass is 342 g/mol. The summed E-state index contributed by atoms with van der Waals surface area (Å²) in [7, 11) is 0.